The molecule has 1 atom stereocenters. The van der Waals surface area contributed by atoms with E-state index in [0.29, 0.717) is 0 Å². The summed E-state index contributed by atoms with van der Waals surface area (Å²) in [7, 11) is 0. The SMILES string of the molecule is CCCCCCCCCCN(CCCCCCCCCC)C(C)CCCCCCCCC. The fourth-order valence-electron chi connectivity index (χ4n) is 5.03. The van der Waals surface area contributed by atoms with Crippen LogP contribution in [0.4, 0.5) is 0 Å². The Morgan fingerprint density at radius 1 is 0.375 bits per heavy atom. The molecule has 0 radical (unpaired) electrons. The summed E-state index contributed by atoms with van der Waals surface area (Å²) in [6.45, 7) is 12.2. The van der Waals surface area contributed by atoms with E-state index in [2.05, 4.69) is 32.6 Å². The van der Waals surface area contributed by atoms with Crippen LogP contribution in [0.3, 0.4) is 0 Å². The summed E-state index contributed by atoms with van der Waals surface area (Å²) < 4.78 is 0. The Morgan fingerprint density at radius 3 is 1.00 bits per heavy atom. The molecule has 0 saturated carbocycles. The zero-order valence-corrected chi connectivity index (χ0v) is 23.4. The lowest BCUT2D eigenvalue weighted by Crippen LogP contribution is -2.35. The first-order chi connectivity index (χ1) is 15.8. The molecule has 0 N–H and O–H groups in total. The van der Waals surface area contributed by atoms with Gasteiger partial charge >= 0.3 is 0 Å². The molecular weight excluding hydrogens is 386 g/mol. The van der Waals surface area contributed by atoms with Crippen LogP contribution >= 0.6 is 0 Å². The van der Waals surface area contributed by atoms with Gasteiger partial charge in [-0.3, -0.25) is 0 Å². The smallest absolute Gasteiger partial charge is 0.00669 e. The lowest BCUT2D eigenvalue weighted by atomic mass is 10.0. The van der Waals surface area contributed by atoms with Crippen molar-refractivity contribution in [3.8, 4) is 0 Å². The Morgan fingerprint density at radius 2 is 0.656 bits per heavy atom. The van der Waals surface area contributed by atoms with E-state index in [4.69, 9.17) is 0 Å². The Bertz CT molecular complexity index is 306. The summed E-state index contributed by atoms with van der Waals surface area (Å²) in [5.41, 5.74) is 0. The van der Waals surface area contributed by atoms with E-state index in [9.17, 15) is 0 Å². The minimum Gasteiger partial charge on any atom is -0.301 e. The summed E-state index contributed by atoms with van der Waals surface area (Å²) in [6.07, 6.45) is 34.5. The third-order valence-corrected chi connectivity index (χ3v) is 7.45. The predicted molar refractivity (Wildman–Crippen MR) is 149 cm³/mol. The van der Waals surface area contributed by atoms with Crippen LogP contribution in [-0.4, -0.2) is 24.0 Å². The summed E-state index contributed by atoms with van der Waals surface area (Å²) >= 11 is 0. The molecule has 0 aliphatic heterocycles. The van der Waals surface area contributed by atoms with Gasteiger partial charge in [0.1, 0.15) is 0 Å². The van der Waals surface area contributed by atoms with Crippen LogP contribution < -0.4 is 0 Å². The van der Waals surface area contributed by atoms with Crippen LogP contribution in [0.25, 0.3) is 0 Å². The molecule has 0 aliphatic carbocycles. The fourth-order valence-corrected chi connectivity index (χ4v) is 5.03. The largest absolute Gasteiger partial charge is 0.301 e. The van der Waals surface area contributed by atoms with Gasteiger partial charge in [-0.05, 0) is 39.3 Å². The van der Waals surface area contributed by atoms with Gasteiger partial charge in [0.15, 0.2) is 0 Å². The van der Waals surface area contributed by atoms with E-state index in [-0.39, 0.29) is 0 Å². The second kappa shape index (κ2) is 27.2. The lowest BCUT2D eigenvalue weighted by Gasteiger charge is -2.29. The molecule has 1 heteroatoms. The zero-order chi connectivity index (χ0) is 23.5. The van der Waals surface area contributed by atoms with Crippen molar-refractivity contribution in [2.75, 3.05) is 13.1 Å². The Labute approximate surface area is 205 Å². The average Bonchev–Trinajstić information content (AvgIpc) is 2.80. The van der Waals surface area contributed by atoms with Gasteiger partial charge in [0.25, 0.3) is 0 Å². The molecule has 0 bridgehead atoms. The lowest BCUT2D eigenvalue weighted by molar-refractivity contribution is 0.187. The second-order valence-corrected chi connectivity index (χ2v) is 10.7. The van der Waals surface area contributed by atoms with E-state index >= 15 is 0 Å². The highest BCUT2D eigenvalue weighted by atomic mass is 15.1. The molecule has 0 heterocycles. The number of rotatable bonds is 27. The summed E-state index contributed by atoms with van der Waals surface area (Å²) in [5.74, 6) is 0. The van der Waals surface area contributed by atoms with Gasteiger partial charge in [0.05, 0.1) is 0 Å². The maximum Gasteiger partial charge on any atom is 0.00669 e. The second-order valence-electron chi connectivity index (χ2n) is 10.7. The molecular formula is C31H65N. The van der Waals surface area contributed by atoms with E-state index < -0.39 is 0 Å². The van der Waals surface area contributed by atoms with E-state index in [1.165, 1.54) is 167 Å². The van der Waals surface area contributed by atoms with Crippen molar-refractivity contribution in [1.29, 1.82) is 0 Å². The molecule has 0 fully saturated rings. The molecule has 32 heavy (non-hydrogen) atoms. The minimum absolute atomic E-state index is 0.791. The van der Waals surface area contributed by atoms with Crippen LogP contribution in [0.1, 0.15) is 182 Å². The normalized spacial score (nSPS) is 12.7. The molecule has 194 valence electrons. The number of unbranched alkanes of at least 4 members (excludes halogenated alkanes) is 20. The van der Waals surface area contributed by atoms with Gasteiger partial charge in [-0.1, -0.05) is 156 Å². The first-order valence-corrected chi connectivity index (χ1v) is 15.5. The van der Waals surface area contributed by atoms with Gasteiger partial charge in [-0.25, -0.2) is 0 Å². The third-order valence-electron chi connectivity index (χ3n) is 7.45. The number of hydrogen-bond donors (Lipinski definition) is 0. The van der Waals surface area contributed by atoms with Crippen molar-refractivity contribution in [2.45, 2.75) is 188 Å². The summed E-state index contributed by atoms with van der Waals surface area (Å²) in [6, 6.07) is 0.791. The molecule has 0 amide bonds. The van der Waals surface area contributed by atoms with Crippen LogP contribution in [0.15, 0.2) is 0 Å². The first-order valence-electron chi connectivity index (χ1n) is 15.5. The predicted octanol–water partition coefficient (Wildman–Crippen LogP) is 11.1. The average molecular weight is 452 g/mol. The zero-order valence-electron chi connectivity index (χ0n) is 23.4. The van der Waals surface area contributed by atoms with Crippen LogP contribution in [0, 0.1) is 0 Å². The molecule has 0 spiro atoms. The third kappa shape index (κ3) is 23.1. The van der Waals surface area contributed by atoms with Crippen LogP contribution in [-0.2, 0) is 0 Å². The van der Waals surface area contributed by atoms with Crippen LogP contribution in [0.5, 0.6) is 0 Å². The Kier molecular flexibility index (Phi) is 27.2. The maximum absolute atomic E-state index is 2.87. The van der Waals surface area contributed by atoms with E-state index in [0.717, 1.165) is 6.04 Å². The molecule has 1 unspecified atom stereocenters. The maximum atomic E-state index is 2.87. The highest BCUT2D eigenvalue weighted by molar-refractivity contribution is 4.68. The molecule has 0 rings (SSSR count). The van der Waals surface area contributed by atoms with Crippen molar-refractivity contribution in [3.63, 3.8) is 0 Å². The highest BCUT2D eigenvalue weighted by Crippen LogP contribution is 2.16. The van der Waals surface area contributed by atoms with Gasteiger partial charge in [-0.15, -0.1) is 0 Å². The van der Waals surface area contributed by atoms with Crippen molar-refractivity contribution in [2.24, 2.45) is 0 Å². The van der Waals surface area contributed by atoms with Crippen molar-refractivity contribution >= 4 is 0 Å². The summed E-state index contributed by atoms with van der Waals surface area (Å²) in [4.78, 5) is 2.87. The van der Waals surface area contributed by atoms with Crippen molar-refractivity contribution in [1.82, 2.24) is 4.90 Å². The number of nitrogens with zero attached hydrogens (tertiary/aromatic N) is 1. The van der Waals surface area contributed by atoms with Crippen molar-refractivity contribution in [3.05, 3.63) is 0 Å². The highest BCUT2D eigenvalue weighted by Gasteiger charge is 2.13. The minimum atomic E-state index is 0.791. The topological polar surface area (TPSA) is 3.24 Å². The fraction of sp³-hybridized carbons (Fsp3) is 1.00. The molecule has 0 aromatic rings. The first kappa shape index (κ1) is 32.0. The molecule has 0 aromatic carbocycles. The summed E-state index contributed by atoms with van der Waals surface area (Å²) in [5, 5.41) is 0. The quantitative estimate of drug-likeness (QED) is 0.112. The van der Waals surface area contributed by atoms with E-state index in [1.807, 2.05) is 0 Å². The van der Waals surface area contributed by atoms with Gasteiger partial charge in [0.2, 0.25) is 0 Å². The molecule has 0 aromatic heterocycles. The standard InChI is InChI=1S/C31H65N/c1-5-8-11-14-17-20-23-26-29-32(30-27-24-21-18-15-12-9-6-2)31(4)28-25-22-19-16-13-10-7-3/h31H,5-30H2,1-4H3. The molecule has 1 nitrogen and oxygen atoms in total. The molecule has 0 aliphatic rings. The van der Waals surface area contributed by atoms with Crippen molar-refractivity contribution < 1.29 is 0 Å². The Hall–Kier alpha value is -0.0400. The monoisotopic (exact) mass is 452 g/mol. The number of hydrogen-bond acceptors (Lipinski definition) is 1. The van der Waals surface area contributed by atoms with Gasteiger partial charge < -0.3 is 4.90 Å². The van der Waals surface area contributed by atoms with Gasteiger partial charge in [0, 0.05) is 6.04 Å². The van der Waals surface area contributed by atoms with Crippen LogP contribution in [0.2, 0.25) is 0 Å². The Balaban J connectivity index is 4.03. The molecule has 0 saturated heterocycles. The van der Waals surface area contributed by atoms with E-state index in [1.54, 1.807) is 0 Å². The van der Waals surface area contributed by atoms with Gasteiger partial charge in [-0.2, -0.15) is 0 Å².